The number of nitrogens with zero attached hydrogens (tertiary/aromatic N) is 1. The predicted octanol–water partition coefficient (Wildman–Crippen LogP) is 3.97. The largest absolute Gasteiger partial charge is 0.495 e. The summed E-state index contributed by atoms with van der Waals surface area (Å²) in [7, 11) is -2.55. The van der Waals surface area contributed by atoms with Crippen LogP contribution in [-0.4, -0.2) is 40.1 Å². The molecule has 1 saturated heterocycles. The smallest absolute Gasteiger partial charge is 0.268 e. The molecule has 2 N–H and O–H groups in total. The lowest BCUT2D eigenvalue weighted by Crippen LogP contribution is -2.45. The normalized spacial score (nSPS) is 17.5. The van der Waals surface area contributed by atoms with Crippen LogP contribution in [-0.2, 0) is 14.8 Å². The second kappa shape index (κ2) is 7.90. The molecule has 2 heterocycles. The third kappa shape index (κ3) is 4.18. The maximum atomic E-state index is 13.3. The van der Waals surface area contributed by atoms with Crippen LogP contribution >= 0.6 is 15.9 Å². The summed E-state index contributed by atoms with van der Waals surface area (Å²) in [6.45, 7) is 4.92. The van der Waals surface area contributed by atoms with Crippen LogP contribution in [0.1, 0.15) is 26.7 Å². The maximum absolute atomic E-state index is 13.3. The van der Waals surface area contributed by atoms with E-state index in [1.54, 1.807) is 38.1 Å². The van der Waals surface area contributed by atoms with Crippen LogP contribution in [0, 0.1) is 0 Å². The Hall–Kier alpha value is -2.46. The third-order valence-corrected chi connectivity index (χ3v) is 7.24. The molecular weight excluding hydrogens is 486 g/mol. The first kappa shape index (κ1) is 21.8. The van der Waals surface area contributed by atoms with Gasteiger partial charge >= 0.3 is 0 Å². The number of nitrogens with one attached hydrogen (secondary N) is 2. The fourth-order valence-corrected chi connectivity index (χ4v) is 5.48. The molecule has 0 aromatic heterocycles. The molecule has 2 aromatic rings. The Kier molecular flexibility index (Phi) is 5.55. The summed E-state index contributed by atoms with van der Waals surface area (Å²) >= 11 is 3.32. The topological polar surface area (TPSA) is 97.0 Å². The zero-order valence-corrected chi connectivity index (χ0v) is 19.9. The number of rotatable bonds is 5. The van der Waals surface area contributed by atoms with Crippen molar-refractivity contribution in [3.63, 3.8) is 0 Å². The van der Waals surface area contributed by atoms with Gasteiger partial charge in [0.2, 0.25) is 0 Å². The quantitative estimate of drug-likeness (QED) is 0.632. The van der Waals surface area contributed by atoms with Gasteiger partial charge in [0.25, 0.3) is 15.9 Å². The van der Waals surface area contributed by atoms with Gasteiger partial charge in [-0.3, -0.25) is 9.52 Å². The van der Waals surface area contributed by atoms with Gasteiger partial charge in [0.1, 0.15) is 16.4 Å². The van der Waals surface area contributed by atoms with E-state index in [4.69, 9.17) is 9.47 Å². The Balaban J connectivity index is 1.80. The third-order valence-electron chi connectivity index (χ3n) is 5.36. The van der Waals surface area contributed by atoms with Crippen LogP contribution in [0.3, 0.4) is 0 Å². The SMILES string of the molecule is COc1ccc(Br)cc1S(=O)(=O)Nc1cc2c(cc1N1CCCC1)NC(=O)C(C)(C)O2. The van der Waals surface area contributed by atoms with E-state index in [0.717, 1.165) is 25.9 Å². The van der Waals surface area contributed by atoms with Crippen molar-refractivity contribution in [3.05, 3.63) is 34.8 Å². The summed E-state index contributed by atoms with van der Waals surface area (Å²) in [5, 5.41) is 2.87. The lowest BCUT2D eigenvalue weighted by molar-refractivity contribution is -0.129. The number of carbonyl (C=O) groups is 1. The Morgan fingerprint density at radius 3 is 2.58 bits per heavy atom. The van der Waals surface area contributed by atoms with Crippen molar-refractivity contribution < 1.29 is 22.7 Å². The minimum atomic E-state index is -3.97. The Labute approximate surface area is 190 Å². The predicted molar refractivity (Wildman–Crippen MR) is 123 cm³/mol. The van der Waals surface area contributed by atoms with E-state index >= 15 is 0 Å². The van der Waals surface area contributed by atoms with E-state index in [-0.39, 0.29) is 16.6 Å². The molecule has 1 amide bonds. The molecule has 0 bridgehead atoms. The molecule has 0 radical (unpaired) electrons. The molecular formula is C21H24BrN3O5S. The lowest BCUT2D eigenvalue weighted by Gasteiger charge is -2.33. The highest BCUT2D eigenvalue weighted by atomic mass is 79.9. The summed E-state index contributed by atoms with van der Waals surface area (Å²) in [6.07, 6.45) is 2.03. The van der Waals surface area contributed by atoms with Gasteiger partial charge in [0, 0.05) is 23.6 Å². The van der Waals surface area contributed by atoms with Crippen molar-refractivity contribution in [2.75, 3.05) is 35.1 Å². The molecule has 4 rings (SSSR count). The molecule has 1 fully saturated rings. The van der Waals surface area contributed by atoms with E-state index in [1.165, 1.54) is 13.2 Å². The Bertz CT molecular complexity index is 1140. The van der Waals surface area contributed by atoms with Gasteiger partial charge in [0.05, 0.1) is 24.2 Å². The van der Waals surface area contributed by atoms with Crippen LogP contribution in [0.15, 0.2) is 39.7 Å². The molecule has 31 heavy (non-hydrogen) atoms. The van der Waals surface area contributed by atoms with Crippen LogP contribution in [0.25, 0.3) is 0 Å². The maximum Gasteiger partial charge on any atom is 0.268 e. The molecule has 0 aliphatic carbocycles. The molecule has 2 aliphatic heterocycles. The number of amides is 1. The number of halogens is 1. The first-order chi connectivity index (χ1) is 14.6. The number of anilines is 3. The Morgan fingerprint density at radius 1 is 1.19 bits per heavy atom. The van der Waals surface area contributed by atoms with Crippen LogP contribution in [0.4, 0.5) is 17.1 Å². The molecule has 10 heteroatoms. The lowest BCUT2D eigenvalue weighted by atomic mass is 10.1. The first-order valence-electron chi connectivity index (χ1n) is 9.90. The monoisotopic (exact) mass is 509 g/mol. The van der Waals surface area contributed by atoms with Crippen molar-refractivity contribution in [3.8, 4) is 11.5 Å². The number of sulfonamides is 1. The average Bonchev–Trinajstić information content (AvgIpc) is 3.23. The second-order valence-corrected chi connectivity index (χ2v) is 10.6. The van der Waals surface area contributed by atoms with Gasteiger partial charge in [-0.1, -0.05) is 15.9 Å². The molecule has 0 spiro atoms. The number of hydrogen-bond acceptors (Lipinski definition) is 6. The van der Waals surface area contributed by atoms with Crippen LogP contribution in [0.5, 0.6) is 11.5 Å². The highest BCUT2D eigenvalue weighted by Crippen LogP contribution is 2.43. The zero-order chi connectivity index (χ0) is 22.4. The fraction of sp³-hybridized carbons (Fsp3) is 0.381. The summed E-state index contributed by atoms with van der Waals surface area (Å²) in [5.41, 5.74) is 0.535. The summed E-state index contributed by atoms with van der Waals surface area (Å²) in [5.74, 6) is 0.395. The van der Waals surface area contributed by atoms with E-state index < -0.39 is 15.6 Å². The molecule has 166 valence electrons. The molecule has 8 nitrogen and oxygen atoms in total. The molecule has 2 aromatic carbocycles. The summed E-state index contributed by atoms with van der Waals surface area (Å²) < 4.78 is 41.1. The van der Waals surface area contributed by atoms with Gasteiger partial charge < -0.3 is 19.7 Å². The fourth-order valence-electron chi connectivity index (χ4n) is 3.71. The zero-order valence-electron chi connectivity index (χ0n) is 17.5. The van der Waals surface area contributed by atoms with E-state index in [2.05, 4.69) is 30.9 Å². The van der Waals surface area contributed by atoms with Gasteiger partial charge in [0.15, 0.2) is 5.60 Å². The van der Waals surface area contributed by atoms with Crippen molar-refractivity contribution in [2.45, 2.75) is 37.2 Å². The number of methoxy groups -OCH3 is 1. The van der Waals surface area contributed by atoms with E-state index in [0.29, 0.717) is 27.3 Å². The van der Waals surface area contributed by atoms with Gasteiger partial charge in [-0.15, -0.1) is 0 Å². The van der Waals surface area contributed by atoms with Crippen molar-refractivity contribution in [2.24, 2.45) is 0 Å². The highest BCUT2D eigenvalue weighted by Gasteiger charge is 2.37. The summed E-state index contributed by atoms with van der Waals surface area (Å²) in [4.78, 5) is 14.4. The van der Waals surface area contributed by atoms with Crippen molar-refractivity contribution in [1.29, 1.82) is 0 Å². The van der Waals surface area contributed by atoms with Crippen molar-refractivity contribution >= 4 is 48.9 Å². The Morgan fingerprint density at radius 2 is 1.90 bits per heavy atom. The summed E-state index contributed by atoms with van der Waals surface area (Å²) in [6, 6.07) is 8.20. The first-order valence-corrected chi connectivity index (χ1v) is 12.2. The highest BCUT2D eigenvalue weighted by molar-refractivity contribution is 9.10. The van der Waals surface area contributed by atoms with Crippen LogP contribution in [0.2, 0.25) is 0 Å². The number of carbonyl (C=O) groups excluding carboxylic acids is 1. The number of fused-ring (bicyclic) bond motifs is 1. The minimum Gasteiger partial charge on any atom is -0.495 e. The van der Waals surface area contributed by atoms with E-state index in [1.807, 2.05) is 0 Å². The van der Waals surface area contributed by atoms with Gasteiger partial charge in [-0.25, -0.2) is 8.42 Å². The number of benzene rings is 2. The van der Waals surface area contributed by atoms with Gasteiger partial charge in [-0.05, 0) is 51.0 Å². The standard InChI is InChI=1S/C21H24BrN3O5S/c1-21(2)20(26)23-15-11-16(25-8-4-5-9-25)14(12-18(15)30-21)24-31(27,28)19-10-13(22)6-7-17(19)29-3/h6-7,10-12,24H,4-5,8-9H2,1-3H3,(H,23,26). The van der Waals surface area contributed by atoms with E-state index in [9.17, 15) is 13.2 Å². The van der Waals surface area contributed by atoms with Crippen molar-refractivity contribution in [1.82, 2.24) is 0 Å². The average molecular weight is 510 g/mol. The van der Waals surface area contributed by atoms with Gasteiger partial charge in [-0.2, -0.15) is 0 Å². The minimum absolute atomic E-state index is 0.0176. The molecule has 2 aliphatic rings. The molecule has 0 atom stereocenters. The van der Waals surface area contributed by atoms with Crippen LogP contribution < -0.4 is 24.4 Å². The second-order valence-electron chi connectivity index (χ2n) is 8.03. The number of hydrogen-bond donors (Lipinski definition) is 2. The molecule has 0 saturated carbocycles. The molecule has 0 unspecified atom stereocenters. The number of ether oxygens (including phenoxy) is 2.